The van der Waals surface area contributed by atoms with Gasteiger partial charge in [-0.15, -0.1) is 0 Å². The van der Waals surface area contributed by atoms with Crippen molar-refractivity contribution in [2.45, 2.75) is 43.1 Å². The first-order valence-electron chi connectivity index (χ1n) is 6.11. The number of hydrogen-bond donors (Lipinski definition) is 2. The van der Waals surface area contributed by atoms with Gasteiger partial charge in [-0.1, -0.05) is 0 Å². The quantitative estimate of drug-likeness (QED) is 0.758. The summed E-state index contributed by atoms with van der Waals surface area (Å²) in [5, 5.41) is 19.1. The molecule has 0 saturated heterocycles. The van der Waals surface area contributed by atoms with Crippen molar-refractivity contribution in [1.82, 2.24) is 0 Å². The lowest BCUT2D eigenvalue weighted by molar-refractivity contribution is -0.303. The molecule has 0 unspecified atom stereocenters. The van der Waals surface area contributed by atoms with Gasteiger partial charge >= 0.3 is 23.7 Å². The molecule has 23 heavy (non-hydrogen) atoms. The molecular weight excluding hydrogens is 340 g/mol. The summed E-state index contributed by atoms with van der Waals surface area (Å²) in [4.78, 5) is 0. The standard InChI is InChI=1S/C13H10F8O2/c1-5-4-8(22)6(2)3-7(5)9(23)10(14,15)12(18,19)13(20,21)11(9,16)17/h3-4,22-23H,1-2H3. The molecule has 0 heterocycles. The van der Waals surface area contributed by atoms with Crippen LogP contribution < -0.4 is 0 Å². The zero-order chi connectivity index (χ0) is 18.2. The lowest BCUT2D eigenvalue weighted by Gasteiger charge is -2.35. The largest absolute Gasteiger partial charge is 0.508 e. The number of aryl methyl sites for hydroxylation is 2. The second-order valence-electron chi connectivity index (χ2n) is 5.46. The lowest BCUT2D eigenvalue weighted by Crippen LogP contribution is -2.55. The van der Waals surface area contributed by atoms with Crippen LogP contribution >= 0.6 is 0 Å². The summed E-state index contributed by atoms with van der Waals surface area (Å²) in [5.41, 5.74) is -7.69. The maximum Gasteiger partial charge on any atom is 0.381 e. The molecule has 0 bridgehead atoms. The normalized spacial score (nSPS) is 26.2. The van der Waals surface area contributed by atoms with E-state index in [9.17, 15) is 45.3 Å². The molecule has 1 aromatic rings. The average molecular weight is 350 g/mol. The molecule has 2 N–H and O–H groups in total. The molecule has 1 aliphatic rings. The maximum absolute atomic E-state index is 13.8. The molecule has 0 atom stereocenters. The minimum atomic E-state index is -6.49. The Balaban J connectivity index is 2.91. The van der Waals surface area contributed by atoms with Crippen LogP contribution in [0.5, 0.6) is 5.75 Å². The molecular formula is C13H10F8O2. The zero-order valence-electron chi connectivity index (χ0n) is 11.6. The van der Waals surface area contributed by atoms with E-state index in [0.29, 0.717) is 12.1 Å². The van der Waals surface area contributed by atoms with E-state index in [4.69, 9.17) is 0 Å². The van der Waals surface area contributed by atoms with Gasteiger partial charge in [0.25, 0.3) is 0 Å². The molecule has 1 aromatic carbocycles. The highest BCUT2D eigenvalue weighted by molar-refractivity contribution is 5.48. The SMILES string of the molecule is Cc1cc(C2(O)C(F)(F)C(F)(F)C(F)(F)C2(F)F)c(C)cc1O. The van der Waals surface area contributed by atoms with Crippen molar-refractivity contribution in [1.29, 1.82) is 0 Å². The third kappa shape index (κ3) is 1.62. The molecule has 2 nitrogen and oxygen atoms in total. The molecule has 130 valence electrons. The van der Waals surface area contributed by atoms with Crippen molar-refractivity contribution < 1.29 is 45.3 Å². The number of halogens is 8. The predicted octanol–water partition coefficient (Wildman–Crippen LogP) is 3.75. The summed E-state index contributed by atoms with van der Waals surface area (Å²) >= 11 is 0. The van der Waals surface area contributed by atoms with Crippen LogP contribution in [0, 0.1) is 13.8 Å². The number of phenolic OH excluding ortho intramolecular Hbond substituents is 1. The maximum atomic E-state index is 13.8. The second-order valence-corrected chi connectivity index (χ2v) is 5.46. The summed E-state index contributed by atoms with van der Waals surface area (Å²) in [7, 11) is 0. The smallest absolute Gasteiger partial charge is 0.381 e. The van der Waals surface area contributed by atoms with Crippen molar-refractivity contribution in [3.63, 3.8) is 0 Å². The third-order valence-corrected chi connectivity index (χ3v) is 4.02. The molecule has 1 saturated carbocycles. The van der Waals surface area contributed by atoms with Gasteiger partial charge in [0.15, 0.2) is 0 Å². The van der Waals surface area contributed by atoms with Gasteiger partial charge in [0.2, 0.25) is 5.60 Å². The highest BCUT2D eigenvalue weighted by Gasteiger charge is 2.99. The van der Waals surface area contributed by atoms with Crippen molar-refractivity contribution in [2.75, 3.05) is 0 Å². The average Bonchev–Trinajstić information content (AvgIpc) is 2.44. The van der Waals surface area contributed by atoms with E-state index < -0.39 is 46.2 Å². The van der Waals surface area contributed by atoms with Gasteiger partial charge in [-0.2, -0.15) is 35.1 Å². The predicted molar refractivity (Wildman–Crippen MR) is 61.3 cm³/mol. The number of phenols is 1. The molecule has 0 aromatic heterocycles. The van der Waals surface area contributed by atoms with Crippen LogP contribution in [-0.2, 0) is 5.60 Å². The van der Waals surface area contributed by atoms with E-state index in [1.807, 2.05) is 0 Å². The van der Waals surface area contributed by atoms with E-state index in [1.54, 1.807) is 0 Å². The third-order valence-electron chi connectivity index (χ3n) is 4.02. The van der Waals surface area contributed by atoms with Crippen molar-refractivity contribution in [3.8, 4) is 5.75 Å². The number of alkyl halides is 8. The van der Waals surface area contributed by atoms with Crippen LogP contribution in [0.3, 0.4) is 0 Å². The van der Waals surface area contributed by atoms with Gasteiger partial charge in [-0.3, -0.25) is 0 Å². The summed E-state index contributed by atoms with van der Waals surface area (Å²) in [5.74, 6) is -25.9. The highest BCUT2D eigenvalue weighted by Crippen LogP contribution is 2.71. The summed E-state index contributed by atoms with van der Waals surface area (Å²) in [6.07, 6.45) is 0. The van der Waals surface area contributed by atoms with E-state index in [2.05, 4.69) is 0 Å². The Kier molecular flexibility index (Phi) is 3.31. The fourth-order valence-corrected chi connectivity index (χ4v) is 2.57. The van der Waals surface area contributed by atoms with Crippen LogP contribution in [0.15, 0.2) is 12.1 Å². The molecule has 0 amide bonds. The minimum Gasteiger partial charge on any atom is -0.508 e. The van der Waals surface area contributed by atoms with Crippen LogP contribution in [0.4, 0.5) is 35.1 Å². The van der Waals surface area contributed by atoms with Crippen LogP contribution in [0.25, 0.3) is 0 Å². The van der Waals surface area contributed by atoms with E-state index in [-0.39, 0.29) is 5.56 Å². The fraction of sp³-hybridized carbons (Fsp3) is 0.538. The molecule has 0 radical (unpaired) electrons. The molecule has 1 aliphatic carbocycles. The van der Waals surface area contributed by atoms with E-state index in [0.717, 1.165) is 13.8 Å². The fourth-order valence-electron chi connectivity index (χ4n) is 2.57. The van der Waals surface area contributed by atoms with Crippen LogP contribution in [0.2, 0.25) is 0 Å². The Morgan fingerprint density at radius 3 is 1.48 bits per heavy atom. The topological polar surface area (TPSA) is 40.5 Å². The van der Waals surface area contributed by atoms with Crippen molar-refractivity contribution >= 4 is 0 Å². The molecule has 10 heteroatoms. The first-order chi connectivity index (χ1) is 10.1. The Bertz CT molecular complexity index is 642. The number of rotatable bonds is 1. The first kappa shape index (κ1) is 17.8. The van der Waals surface area contributed by atoms with E-state index >= 15 is 0 Å². The van der Waals surface area contributed by atoms with Crippen LogP contribution in [0.1, 0.15) is 16.7 Å². The molecule has 0 aliphatic heterocycles. The minimum absolute atomic E-state index is 0.343. The van der Waals surface area contributed by atoms with Gasteiger partial charge in [0, 0.05) is 0 Å². The number of aromatic hydroxyl groups is 1. The summed E-state index contributed by atoms with van der Waals surface area (Å²) < 4.78 is 109. The Morgan fingerprint density at radius 1 is 0.696 bits per heavy atom. The second kappa shape index (κ2) is 4.28. The van der Waals surface area contributed by atoms with Crippen LogP contribution in [-0.4, -0.2) is 33.9 Å². The first-order valence-corrected chi connectivity index (χ1v) is 6.11. The van der Waals surface area contributed by atoms with E-state index in [1.165, 1.54) is 0 Å². The van der Waals surface area contributed by atoms with Crippen molar-refractivity contribution in [2.24, 2.45) is 0 Å². The van der Waals surface area contributed by atoms with Gasteiger partial charge in [0.05, 0.1) is 0 Å². The summed E-state index contributed by atoms with van der Waals surface area (Å²) in [6.45, 7) is 1.86. The van der Waals surface area contributed by atoms with Gasteiger partial charge in [-0.25, -0.2) is 0 Å². The number of aliphatic hydroxyl groups is 1. The van der Waals surface area contributed by atoms with Crippen molar-refractivity contribution in [3.05, 3.63) is 28.8 Å². The van der Waals surface area contributed by atoms with Gasteiger partial charge in [-0.05, 0) is 42.7 Å². The zero-order valence-corrected chi connectivity index (χ0v) is 11.6. The number of hydrogen-bond acceptors (Lipinski definition) is 2. The van der Waals surface area contributed by atoms with Gasteiger partial charge < -0.3 is 10.2 Å². The molecule has 1 fully saturated rings. The monoisotopic (exact) mass is 350 g/mol. The molecule has 2 rings (SSSR count). The lowest BCUT2D eigenvalue weighted by atomic mass is 9.82. The molecule has 0 spiro atoms. The summed E-state index contributed by atoms with van der Waals surface area (Å²) in [6, 6.07) is 0.980. The Labute approximate surface area is 124 Å². The Morgan fingerprint density at radius 2 is 1.09 bits per heavy atom. The Hall–Kier alpha value is -1.58. The number of benzene rings is 1. The highest BCUT2D eigenvalue weighted by atomic mass is 19.4. The van der Waals surface area contributed by atoms with Gasteiger partial charge in [0.1, 0.15) is 5.75 Å².